The molecule has 1 rings (SSSR count). The zero-order valence-electron chi connectivity index (χ0n) is 13.4. The van der Waals surface area contributed by atoms with Crippen LogP contribution in [-0.2, 0) is 18.4 Å². The predicted molar refractivity (Wildman–Crippen MR) is 79.2 cm³/mol. The van der Waals surface area contributed by atoms with Crippen molar-refractivity contribution in [1.82, 2.24) is 0 Å². The Morgan fingerprint density at radius 3 is 1.95 bits per heavy atom. The van der Waals surface area contributed by atoms with Crippen LogP contribution in [0.3, 0.4) is 0 Å². The van der Waals surface area contributed by atoms with Gasteiger partial charge in [-0.15, -0.1) is 0 Å². The number of rotatable bonds is 5. The van der Waals surface area contributed by atoms with Gasteiger partial charge in [-0.1, -0.05) is 45.9 Å². The summed E-state index contributed by atoms with van der Waals surface area (Å²) in [7, 11) is 0. The van der Waals surface area contributed by atoms with E-state index in [0.717, 1.165) is 12.5 Å². The van der Waals surface area contributed by atoms with Gasteiger partial charge in [-0.05, 0) is 48.3 Å². The van der Waals surface area contributed by atoms with Crippen LogP contribution in [0.15, 0.2) is 18.2 Å². The summed E-state index contributed by atoms with van der Waals surface area (Å²) >= 11 is 0. The third-order valence-electron chi connectivity index (χ3n) is 3.59. The molecule has 120 valence electrons. The second kappa shape index (κ2) is 6.39. The zero-order valence-corrected chi connectivity index (χ0v) is 13.4. The summed E-state index contributed by atoms with van der Waals surface area (Å²) in [6.07, 6.45) is -3.44. The van der Waals surface area contributed by atoms with Crippen LogP contribution in [0.25, 0.3) is 0 Å². The molecule has 4 heteroatoms. The summed E-state index contributed by atoms with van der Waals surface area (Å²) in [6, 6.07) is 4.87. The molecule has 0 bridgehead atoms. The molecule has 0 fully saturated rings. The molecule has 0 aliphatic carbocycles. The lowest BCUT2D eigenvalue weighted by Gasteiger charge is -2.30. The number of aliphatic hydroxyl groups is 1. The highest BCUT2D eigenvalue weighted by Gasteiger charge is 2.52. The zero-order chi connectivity index (χ0) is 16.4. The molecule has 0 aliphatic heterocycles. The quantitative estimate of drug-likeness (QED) is 0.824. The first-order valence-electron chi connectivity index (χ1n) is 7.37. The van der Waals surface area contributed by atoms with Crippen LogP contribution < -0.4 is 0 Å². The molecule has 1 nitrogen and oxygen atoms in total. The number of hydrogen-bond acceptors (Lipinski definition) is 1. The second-order valence-electron chi connectivity index (χ2n) is 6.71. The molecule has 0 amide bonds. The molecule has 0 aliphatic rings. The lowest BCUT2D eigenvalue weighted by Crippen LogP contribution is -2.40. The first-order chi connectivity index (χ1) is 9.46. The van der Waals surface area contributed by atoms with Crippen molar-refractivity contribution >= 4 is 0 Å². The summed E-state index contributed by atoms with van der Waals surface area (Å²) in [4.78, 5) is 0. The first kappa shape index (κ1) is 18.0. The number of hydrogen-bond donors (Lipinski definition) is 1. The first-order valence-corrected chi connectivity index (χ1v) is 7.37. The summed E-state index contributed by atoms with van der Waals surface area (Å²) in [6.45, 7) is 8.85. The number of halogens is 3. The molecule has 1 aromatic carbocycles. The maximum atomic E-state index is 13.2. The highest BCUT2D eigenvalue weighted by Crippen LogP contribution is 2.41. The average Bonchev–Trinajstić information content (AvgIpc) is 2.28. The van der Waals surface area contributed by atoms with Crippen molar-refractivity contribution in [3.05, 3.63) is 34.9 Å². The van der Waals surface area contributed by atoms with E-state index in [9.17, 15) is 18.3 Å². The standard InChI is InChI=1S/C17H25F3O/c1-11(2)9-13-7-6-8-15(14(13)10-12(3)4)16(5,21)17(18,19)20/h6-8,11-12,21H,9-10H2,1-5H3. The molecule has 0 heterocycles. The van der Waals surface area contributed by atoms with Gasteiger partial charge in [-0.3, -0.25) is 0 Å². The van der Waals surface area contributed by atoms with Crippen molar-refractivity contribution in [2.24, 2.45) is 11.8 Å². The normalized spacial score (nSPS) is 15.6. The van der Waals surface area contributed by atoms with Crippen LogP contribution in [0, 0.1) is 11.8 Å². The molecular formula is C17H25F3O. The fourth-order valence-electron chi connectivity index (χ4n) is 2.52. The third-order valence-corrected chi connectivity index (χ3v) is 3.59. The lowest BCUT2D eigenvalue weighted by molar-refractivity contribution is -0.259. The Morgan fingerprint density at radius 1 is 1.00 bits per heavy atom. The van der Waals surface area contributed by atoms with E-state index in [-0.39, 0.29) is 11.5 Å². The lowest BCUT2D eigenvalue weighted by atomic mass is 9.83. The van der Waals surface area contributed by atoms with Crippen molar-refractivity contribution in [3.63, 3.8) is 0 Å². The van der Waals surface area contributed by atoms with Gasteiger partial charge in [0.05, 0.1) is 0 Å². The summed E-state index contributed by atoms with van der Waals surface area (Å²) < 4.78 is 39.5. The van der Waals surface area contributed by atoms with Crippen LogP contribution in [0.1, 0.15) is 51.3 Å². The van der Waals surface area contributed by atoms with Gasteiger partial charge in [0.2, 0.25) is 0 Å². The molecule has 1 atom stereocenters. The Balaban J connectivity index is 3.44. The second-order valence-corrected chi connectivity index (χ2v) is 6.71. The number of alkyl halides is 3. The fourth-order valence-corrected chi connectivity index (χ4v) is 2.52. The highest BCUT2D eigenvalue weighted by molar-refractivity contribution is 5.40. The molecule has 0 aromatic heterocycles. The van der Waals surface area contributed by atoms with E-state index in [1.165, 1.54) is 6.07 Å². The third kappa shape index (κ3) is 4.22. The predicted octanol–water partition coefficient (Wildman–Crippen LogP) is 4.85. The summed E-state index contributed by atoms with van der Waals surface area (Å²) in [5.74, 6) is 0.572. The molecule has 1 unspecified atom stereocenters. The minimum Gasteiger partial charge on any atom is -0.376 e. The van der Waals surface area contributed by atoms with Crippen molar-refractivity contribution < 1.29 is 18.3 Å². The molecule has 1 aromatic rings. The van der Waals surface area contributed by atoms with Crippen LogP contribution >= 0.6 is 0 Å². The fraction of sp³-hybridized carbons (Fsp3) is 0.647. The largest absolute Gasteiger partial charge is 0.421 e. The molecule has 0 radical (unpaired) electrons. The van der Waals surface area contributed by atoms with Crippen molar-refractivity contribution in [3.8, 4) is 0 Å². The Labute approximate surface area is 125 Å². The van der Waals surface area contributed by atoms with Gasteiger partial charge >= 0.3 is 6.18 Å². The Morgan fingerprint density at radius 2 is 1.52 bits per heavy atom. The van der Waals surface area contributed by atoms with Crippen molar-refractivity contribution in [1.29, 1.82) is 0 Å². The van der Waals surface area contributed by atoms with Gasteiger partial charge in [0.1, 0.15) is 0 Å². The van der Waals surface area contributed by atoms with Crippen LogP contribution in [0.5, 0.6) is 0 Å². The molecule has 0 spiro atoms. The molecule has 0 saturated heterocycles. The van der Waals surface area contributed by atoms with E-state index >= 15 is 0 Å². The van der Waals surface area contributed by atoms with E-state index in [4.69, 9.17) is 0 Å². The minimum atomic E-state index is -4.69. The van der Waals surface area contributed by atoms with E-state index in [0.29, 0.717) is 24.3 Å². The maximum Gasteiger partial charge on any atom is 0.421 e. The maximum absolute atomic E-state index is 13.2. The van der Waals surface area contributed by atoms with E-state index in [1.54, 1.807) is 6.07 Å². The highest BCUT2D eigenvalue weighted by atomic mass is 19.4. The molecular weight excluding hydrogens is 277 g/mol. The van der Waals surface area contributed by atoms with Gasteiger partial charge in [0.15, 0.2) is 5.60 Å². The number of benzene rings is 1. The topological polar surface area (TPSA) is 20.2 Å². The van der Waals surface area contributed by atoms with E-state index < -0.39 is 11.8 Å². The molecule has 21 heavy (non-hydrogen) atoms. The Kier molecular flexibility index (Phi) is 5.48. The van der Waals surface area contributed by atoms with Crippen LogP contribution in [-0.4, -0.2) is 11.3 Å². The molecule has 1 N–H and O–H groups in total. The monoisotopic (exact) mass is 302 g/mol. The Bertz CT molecular complexity index is 473. The SMILES string of the molecule is CC(C)Cc1cccc(C(C)(O)C(F)(F)F)c1CC(C)C. The van der Waals surface area contributed by atoms with Gasteiger partial charge in [-0.25, -0.2) is 0 Å². The van der Waals surface area contributed by atoms with Crippen molar-refractivity contribution in [2.75, 3.05) is 0 Å². The van der Waals surface area contributed by atoms with Gasteiger partial charge in [0.25, 0.3) is 0 Å². The van der Waals surface area contributed by atoms with Gasteiger partial charge < -0.3 is 5.11 Å². The van der Waals surface area contributed by atoms with Gasteiger partial charge in [-0.2, -0.15) is 13.2 Å². The van der Waals surface area contributed by atoms with Gasteiger partial charge in [0, 0.05) is 0 Å². The van der Waals surface area contributed by atoms with Crippen LogP contribution in [0.4, 0.5) is 13.2 Å². The Hall–Kier alpha value is -1.03. The summed E-state index contributed by atoms with van der Waals surface area (Å²) in [5, 5.41) is 10.0. The average molecular weight is 302 g/mol. The van der Waals surface area contributed by atoms with Crippen LogP contribution in [0.2, 0.25) is 0 Å². The molecule has 0 saturated carbocycles. The summed E-state index contributed by atoms with van der Waals surface area (Å²) in [5.41, 5.74) is -1.28. The van der Waals surface area contributed by atoms with Crippen molar-refractivity contribution in [2.45, 2.75) is 59.2 Å². The minimum absolute atomic E-state index is 0.0122. The smallest absolute Gasteiger partial charge is 0.376 e. The van der Waals surface area contributed by atoms with E-state index in [2.05, 4.69) is 0 Å². The van der Waals surface area contributed by atoms with E-state index in [1.807, 2.05) is 33.8 Å².